The number of likely N-dealkylation sites (tertiary alicyclic amines) is 1. The van der Waals surface area contributed by atoms with Crippen LogP contribution in [0.25, 0.3) is 0 Å². The quantitative estimate of drug-likeness (QED) is 0.675. The van der Waals surface area contributed by atoms with E-state index in [0.717, 1.165) is 17.7 Å². The van der Waals surface area contributed by atoms with Crippen molar-refractivity contribution in [3.63, 3.8) is 0 Å². The number of hydrogen-bond donors (Lipinski definition) is 0. The number of carbonyl (C=O) groups is 2. The van der Waals surface area contributed by atoms with Crippen molar-refractivity contribution in [1.29, 1.82) is 0 Å². The van der Waals surface area contributed by atoms with Gasteiger partial charge in [0.15, 0.2) is 0 Å². The van der Waals surface area contributed by atoms with Crippen molar-refractivity contribution in [2.75, 3.05) is 31.7 Å². The Morgan fingerprint density at radius 1 is 1.11 bits per heavy atom. The fourth-order valence-electron chi connectivity index (χ4n) is 3.44. The van der Waals surface area contributed by atoms with E-state index in [2.05, 4.69) is 0 Å². The molecule has 0 saturated carbocycles. The zero-order chi connectivity index (χ0) is 19.1. The summed E-state index contributed by atoms with van der Waals surface area (Å²) in [6.07, 6.45) is 1.07. The van der Waals surface area contributed by atoms with Crippen LogP contribution in [0.4, 0.5) is 5.69 Å². The van der Waals surface area contributed by atoms with E-state index in [-0.39, 0.29) is 24.2 Å². The SMILES string of the molecule is COCCCN1CC(C(=O)N(Cc2ccccc2)c2ccccc2)CC1=O. The van der Waals surface area contributed by atoms with Crippen molar-refractivity contribution in [3.05, 3.63) is 66.2 Å². The van der Waals surface area contributed by atoms with Gasteiger partial charge in [-0.3, -0.25) is 9.59 Å². The maximum Gasteiger partial charge on any atom is 0.232 e. The molecule has 0 bridgehead atoms. The van der Waals surface area contributed by atoms with Crippen LogP contribution in [-0.4, -0.2) is 43.5 Å². The summed E-state index contributed by atoms with van der Waals surface area (Å²) < 4.78 is 5.06. The first-order chi connectivity index (χ1) is 13.2. The van der Waals surface area contributed by atoms with Crippen LogP contribution in [0.3, 0.4) is 0 Å². The molecule has 142 valence electrons. The van der Waals surface area contributed by atoms with Crippen molar-refractivity contribution in [2.24, 2.45) is 5.92 Å². The van der Waals surface area contributed by atoms with E-state index in [1.165, 1.54) is 0 Å². The molecule has 0 N–H and O–H groups in total. The molecule has 0 aliphatic carbocycles. The smallest absolute Gasteiger partial charge is 0.232 e. The summed E-state index contributed by atoms with van der Waals surface area (Å²) in [5.74, 6) is -0.242. The van der Waals surface area contributed by atoms with Gasteiger partial charge < -0.3 is 14.5 Å². The minimum absolute atomic E-state index is 0.00708. The zero-order valence-electron chi connectivity index (χ0n) is 15.7. The minimum Gasteiger partial charge on any atom is -0.385 e. The summed E-state index contributed by atoms with van der Waals surface area (Å²) in [6.45, 7) is 2.24. The average Bonchev–Trinajstić information content (AvgIpc) is 3.08. The van der Waals surface area contributed by atoms with E-state index in [4.69, 9.17) is 4.74 Å². The third kappa shape index (κ3) is 4.95. The second-order valence-electron chi connectivity index (χ2n) is 6.83. The number of methoxy groups -OCH3 is 1. The molecule has 0 radical (unpaired) electrons. The first-order valence-corrected chi connectivity index (χ1v) is 9.36. The molecule has 1 aliphatic rings. The van der Waals surface area contributed by atoms with Gasteiger partial charge >= 0.3 is 0 Å². The maximum atomic E-state index is 13.3. The molecule has 1 aliphatic heterocycles. The molecule has 27 heavy (non-hydrogen) atoms. The van der Waals surface area contributed by atoms with Crippen LogP contribution >= 0.6 is 0 Å². The van der Waals surface area contributed by atoms with E-state index in [9.17, 15) is 9.59 Å². The number of ether oxygens (including phenoxy) is 1. The van der Waals surface area contributed by atoms with Crippen LogP contribution in [0, 0.1) is 5.92 Å². The fraction of sp³-hybridized carbons (Fsp3) is 0.364. The Bertz CT molecular complexity index is 749. The van der Waals surface area contributed by atoms with Crippen molar-refractivity contribution in [2.45, 2.75) is 19.4 Å². The second kappa shape index (κ2) is 9.33. The number of para-hydroxylation sites is 1. The van der Waals surface area contributed by atoms with Crippen LogP contribution < -0.4 is 4.90 Å². The fourth-order valence-corrected chi connectivity index (χ4v) is 3.44. The molecule has 1 saturated heterocycles. The molecule has 1 atom stereocenters. The highest BCUT2D eigenvalue weighted by Crippen LogP contribution is 2.25. The Morgan fingerprint density at radius 2 is 1.78 bits per heavy atom. The summed E-state index contributed by atoms with van der Waals surface area (Å²) in [5, 5.41) is 0. The molecule has 5 nitrogen and oxygen atoms in total. The molecular formula is C22H26N2O3. The predicted molar refractivity (Wildman–Crippen MR) is 105 cm³/mol. The van der Waals surface area contributed by atoms with Gasteiger partial charge in [-0.15, -0.1) is 0 Å². The topological polar surface area (TPSA) is 49.9 Å². The average molecular weight is 366 g/mol. The minimum atomic E-state index is -0.302. The van der Waals surface area contributed by atoms with Crippen molar-refractivity contribution in [1.82, 2.24) is 4.90 Å². The maximum absolute atomic E-state index is 13.3. The lowest BCUT2D eigenvalue weighted by Gasteiger charge is -2.26. The van der Waals surface area contributed by atoms with E-state index in [1.807, 2.05) is 60.7 Å². The van der Waals surface area contributed by atoms with Gasteiger partial charge in [0.2, 0.25) is 11.8 Å². The number of anilines is 1. The van der Waals surface area contributed by atoms with Crippen LogP contribution in [-0.2, 0) is 20.9 Å². The predicted octanol–water partition coefficient (Wildman–Crippen LogP) is 3.10. The molecule has 5 heteroatoms. The summed E-state index contributed by atoms with van der Waals surface area (Å²) >= 11 is 0. The van der Waals surface area contributed by atoms with E-state index < -0.39 is 0 Å². The normalized spacial score (nSPS) is 16.6. The summed E-state index contributed by atoms with van der Waals surface area (Å²) in [6, 6.07) is 19.6. The largest absolute Gasteiger partial charge is 0.385 e. The number of carbonyl (C=O) groups excluding carboxylic acids is 2. The van der Waals surface area contributed by atoms with Gasteiger partial charge in [0, 0.05) is 38.9 Å². The third-order valence-corrected chi connectivity index (χ3v) is 4.86. The van der Waals surface area contributed by atoms with Crippen LogP contribution in [0.5, 0.6) is 0 Å². The van der Waals surface area contributed by atoms with Gasteiger partial charge in [-0.1, -0.05) is 48.5 Å². The molecule has 2 amide bonds. The van der Waals surface area contributed by atoms with E-state index >= 15 is 0 Å². The number of nitrogens with zero attached hydrogens (tertiary/aromatic N) is 2. The molecule has 0 spiro atoms. The molecule has 2 aromatic carbocycles. The second-order valence-corrected chi connectivity index (χ2v) is 6.83. The zero-order valence-corrected chi connectivity index (χ0v) is 15.7. The Hall–Kier alpha value is -2.66. The van der Waals surface area contributed by atoms with Crippen LogP contribution in [0.1, 0.15) is 18.4 Å². The monoisotopic (exact) mass is 366 g/mol. The lowest BCUT2D eigenvalue weighted by atomic mass is 10.1. The lowest BCUT2D eigenvalue weighted by Crippen LogP contribution is -2.37. The van der Waals surface area contributed by atoms with Crippen LogP contribution in [0.15, 0.2) is 60.7 Å². The van der Waals surface area contributed by atoms with Gasteiger partial charge in [-0.2, -0.15) is 0 Å². The Balaban J connectivity index is 1.74. The third-order valence-electron chi connectivity index (χ3n) is 4.86. The molecule has 1 fully saturated rings. The van der Waals surface area contributed by atoms with Gasteiger partial charge in [-0.25, -0.2) is 0 Å². The standard InChI is InChI=1S/C22H26N2O3/c1-27-14-8-13-23-17-19(15-21(23)25)22(26)24(20-11-6-3-7-12-20)16-18-9-4-2-5-10-18/h2-7,9-12,19H,8,13-17H2,1H3. The summed E-state index contributed by atoms with van der Waals surface area (Å²) in [4.78, 5) is 29.2. The Kier molecular flexibility index (Phi) is 6.60. The summed E-state index contributed by atoms with van der Waals surface area (Å²) in [5.41, 5.74) is 1.92. The number of amides is 2. The van der Waals surface area contributed by atoms with Gasteiger partial charge in [0.25, 0.3) is 0 Å². The molecular weight excluding hydrogens is 340 g/mol. The van der Waals surface area contributed by atoms with Crippen molar-refractivity contribution >= 4 is 17.5 Å². The van der Waals surface area contributed by atoms with Crippen molar-refractivity contribution < 1.29 is 14.3 Å². The number of benzene rings is 2. The number of hydrogen-bond acceptors (Lipinski definition) is 3. The van der Waals surface area contributed by atoms with Gasteiger partial charge in [0.1, 0.15) is 0 Å². The van der Waals surface area contributed by atoms with Crippen molar-refractivity contribution in [3.8, 4) is 0 Å². The summed E-state index contributed by atoms with van der Waals surface area (Å²) in [7, 11) is 1.65. The highest BCUT2D eigenvalue weighted by atomic mass is 16.5. The molecule has 0 aromatic heterocycles. The highest BCUT2D eigenvalue weighted by Gasteiger charge is 2.36. The van der Waals surface area contributed by atoms with E-state index in [1.54, 1.807) is 16.9 Å². The Morgan fingerprint density at radius 3 is 2.44 bits per heavy atom. The molecule has 3 rings (SSSR count). The highest BCUT2D eigenvalue weighted by molar-refractivity contribution is 5.99. The Labute approximate surface area is 160 Å². The van der Waals surface area contributed by atoms with Crippen LogP contribution in [0.2, 0.25) is 0 Å². The van der Waals surface area contributed by atoms with Gasteiger partial charge in [-0.05, 0) is 24.1 Å². The molecule has 1 unspecified atom stereocenters. The van der Waals surface area contributed by atoms with Gasteiger partial charge in [0.05, 0.1) is 12.5 Å². The molecule has 1 heterocycles. The lowest BCUT2D eigenvalue weighted by molar-refractivity contribution is -0.128. The van der Waals surface area contributed by atoms with E-state index in [0.29, 0.717) is 26.2 Å². The molecule has 2 aromatic rings. The first kappa shape index (κ1) is 19.1. The number of rotatable bonds is 8. The first-order valence-electron chi connectivity index (χ1n) is 9.36.